The molecule has 0 unspecified atom stereocenters. The summed E-state index contributed by atoms with van der Waals surface area (Å²) >= 11 is 0. The molecule has 18 heavy (non-hydrogen) atoms. The largest absolute Gasteiger partial charge is 0.508 e. The first-order chi connectivity index (χ1) is 8.28. The smallest absolute Gasteiger partial charge is 0.499 e. The van der Waals surface area contributed by atoms with Gasteiger partial charge in [0.05, 0.1) is 11.2 Å². The van der Waals surface area contributed by atoms with E-state index in [2.05, 4.69) is 0 Å². The van der Waals surface area contributed by atoms with Crippen LogP contribution in [0.15, 0.2) is 18.2 Å². The van der Waals surface area contributed by atoms with Crippen LogP contribution in [0.4, 0.5) is 0 Å². The molecule has 0 atom stereocenters. The number of rotatable bonds is 2. The van der Waals surface area contributed by atoms with Crippen LogP contribution >= 0.6 is 0 Å². The van der Waals surface area contributed by atoms with E-state index >= 15 is 0 Å². The summed E-state index contributed by atoms with van der Waals surface area (Å²) in [6.07, 6.45) is 0.695. The van der Waals surface area contributed by atoms with E-state index in [0.717, 1.165) is 0 Å². The zero-order valence-electron chi connectivity index (χ0n) is 11.1. The molecule has 1 aromatic carbocycles. The van der Waals surface area contributed by atoms with E-state index in [1.165, 1.54) is 6.07 Å². The fourth-order valence-corrected chi connectivity index (χ4v) is 1.89. The molecule has 1 saturated heterocycles. The summed E-state index contributed by atoms with van der Waals surface area (Å²) in [5.41, 5.74) is -0.222. The lowest BCUT2D eigenvalue weighted by Gasteiger charge is -2.32. The second-order valence-electron chi connectivity index (χ2n) is 5.49. The number of carbonyl (C=O) groups is 1. The number of phenolic OH excluding ortho intramolecular Hbond substituents is 1. The Morgan fingerprint density at radius 1 is 1.17 bits per heavy atom. The van der Waals surface area contributed by atoms with E-state index in [0.29, 0.717) is 17.3 Å². The highest BCUT2D eigenvalue weighted by Crippen LogP contribution is 2.37. The van der Waals surface area contributed by atoms with Gasteiger partial charge >= 0.3 is 7.12 Å². The van der Waals surface area contributed by atoms with Gasteiger partial charge in [0.2, 0.25) is 0 Å². The number of aldehydes is 1. The van der Waals surface area contributed by atoms with Crippen molar-refractivity contribution < 1.29 is 19.2 Å². The molecule has 0 radical (unpaired) electrons. The van der Waals surface area contributed by atoms with Crippen LogP contribution in [0.2, 0.25) is 0 Å². The average molecular weight is 248 g/mol. The summed E-state index contributed by atoms with van der Waals surface area (Å²) in [6.45, 7) is 7.70. The molecule has 4 nitrogen and oxygen atoms in total. The van der Waals surface area contributed by atoms with Crippen molar-refractivity contribution in [1.82, 2.24) is 0 Å². The van der Waals surface area contributed by atoms with Crippen LogP contribution in [0, 0.1) is 0 Å². The first-order valence-electron chi connectivity index (χ1n) is 5.91. The van der Waals surface area contributed by atoms with E-state index in [-0.39, 0.29) is 5.75 Å². The van der Waals surface area contributed by atoms with Crippen LogP contribution in [0.1, 0.15) is 38.1 Å². The van der Waals surface area contributed by atoms with E-state index in [4.69, 9.17) is 9.31 Å². The van der Waals surface area contributed by atoms with Crippen molar-refractivity contribution in [2.75, 3.05) is 0 Å². The SMILES string of the molecule is CC1(C)OB(c2c(O)cccc2C=O)OC1(C)C. The van der Waals surface area contributed by atoms with Crippen molar-refractivity contribution in [2.24, 2.45) is 0 Å². The normalized spacial score (nSPS) is 21.0. The molecule has 0 amide bonds. The van der Waals surface area contributed by atoms with E-state index in [1.807, 2.05) is 27.7 Å². The van der Waals surface area contributed by atoms with Crippen LogP contribution in [0.25, 0.3) is 0 Å². The fourth-order valence-electron chi connectivity index (χ4n) is 1.89. The monoisotopic (exact) mass is 248 g/mol. The number of hydrogen-bond acceptors (Lipinski definition) is 4. The lowest BCUT2D eigenvalue weighted by atomic mass is 9.75. The molecule has 5 heteroatoms. The third-order valence-corrected chi connectivity index (χ3v) is 3.73. The van der Waals surface area contributed by atoms with Crippen LogP contribution in [-0.4, -0.2) is 29.7 Å². The van der Waals surface area contributed by atoms with Gasteiger partial charge in [-0.05, 0) is 33.8 Å². The Hall–Kier alpha value is -1.33. The molecule has 0 bridgehead atoms. The second-order valence-corrected chi connectivity index (χ2v) is 5.49. The summed E-state index contributed by atoms with van der Waals surface area (Å²) in [4.78, 5) is 11.0. The van der Waals surface area contributed by atoms with Crippen LogP contribution in [0.5, 0.6) is 5.75 Å². The summed E-state index contributed by atoms with van der Waals surface area (Å²) in [5, 5.41) is 9.90. The third-order valence-electron chi connectivity index (χ3n) is 3.73. The molecule has 1 heterocycles. The minimum absolute atomic E-state index is 0.0121. The van der Waals surface area contributed by atoms with E-state index in [1.54, 1.807) is 12.1 Å². The molecule has 1 fully saturated rings. The highest BCUT2D eigenvalue weighted by Gasteiger charge is 2.52. The first kappa shape index (κ1) is 13.1. The van der Waals surface area contributed by atoms with Crippen LogP contribution in [-0.2, 0) is 9.31 Å². The maximum Gasteiger partial charge on any atom is 0.499 e. The van der Waals surface area contributed by atoms with Gasteiger partial charge < -0.3 is 14.4 Å². The molecule has 0 aliphatic carbocycles. The van der Waals surface area contributed by atoms with Crippen molar-refractivity contribution in [3.63, 3.8) is 0 Å². The van der Waals surface area contributed by atoms with Crippen molar-refractivity contribution in [3.05, 3.63) is 23.8 Å². The van der Waals surface area contributed by atoms with E-state index in [9.17, 15) is 9.90 Å². The van der Waals surface area contributed by atoms with Crippen molar-refractivity contribution in [1.29, 1.82) is 0 Å². The zero-order chi connectivity index (χ0) is 13.6. The standard InChI is InChI=1S/C13H17BO4/c1-12(2)13(3,4)18-14(17-12)11-9(8-15)6-5-7-10(11)16/h5-8,16H,1-4H3. The predicted molar refractivity (Wildman–Crippen MR) is 69.2 cm³/mol. The Bertz CT molecular complexity index is 466. The van der Waals surface area contributed by atoms with Crippen molar-refractivity contribution in [3.8, 4) is 5.75 Å². The van der Waals surface area contributed by atoms with Gasteiger partial charge in [-0.25, -0.2) is 0 Å². The summed E-state index contributed by atoms with van der Waals surface area (Å²) < 4.78 is 11.7. The van der Waals surface area contributed by atoms with Crippen LogP contribution in [0.3, 0.4) is 0 Å². The van der Waals surface area contributed by atoms with Gasteiger partial charge in [-0.2, -0.15) is 0 Å². The first-order valence-corrected chi connectivity index (χ1v) is 5.91. The van der Waals surface area contributed by atoms with Gasteiger partial charge in [-0.3, -0.25) is 4.79 Å². The molecular weight excluding hydrogens is 231 g/mol. The Morgan fingerprint density at radius 2 is 1.72 bits per heavy atom. The third kappa shape index (κ3) is 1.93. The predicted octanol–water partition coefficient (Wildman–Crippen LogP) is 1.50. The highest BCUT2D eigenvalue weighted by molar-refractivity contribution is 6.64. The minimum atomic E-state index is -0.726. The summed E-state index contributed by atoms with van der Waals surface area (Å²) in [6, 6.07) is 4.77. The van der Waals surface area contributed by atoms with Crippen molar-refractivity contribution >= 4 is 18.9 Å². The quantitative estimate of drug-likeness (QED) is 0.636. The molecule has 0 spiro atoms. The van der Waals surface area contributed by atoms with Gasteiger partial charge in [0.25, 0.3) is 0 Å². The average Bonchev–Trinajstić information content (AvgIpc) is 2.47. The highest BCUT2D eigenvalue weighted by atomic mass is 16.7. The fraction of sp³-hybridized carbons (Fsp3) is 0.462. The number of phenols is 1. The molecule has 1 aromatic rings. The van der Waals surface area contributed by atoms with Gasteiger partial charge in [-0.15, -0.1) is 0 Å². The number of hydrogen-bond donors (Lipinski definition) is 1. The molecular formula is C13H17BO4. The molecule has 0 saturated carbocycles. The molecule has 1 N–H and O–H groups in total. The van der Waals surface area contributed by atoms with Crippen LogP contribution < -0.4 is 5.46 Å². The minimum Gasteiger partial charge on any atom is -0.508 e. The maximum atomic E-state index is 11.0. The molecule has 0 aromatic heterocycles. The Balaban J connectivity index is 2.44. The van der Waals surface area contributed by atoms with Gasteiger partial charge in [0.1, 0.15) is 12.0 Å². The number of carbonyl (C=O) groups excluding carboxylic acids is 1. The zero-order valence-corrected chi connectivity index (χ0v) is 11.1. The Morgan fingerprint density at radius 3 is 2.22 bits per heavy atom. The van der Waals surface area contributed by atoms with E-state index < -0.39 is 18.3 Å². The van der Waals surface area contributed by atoms with Gasteiger partial charge in [0, 0.05) is 11.0 Å². The van der Waals surface area contributed by atoms with Crippen molar-refractivity contribution in [2.45, 2.75) is 38.9 Å². The maximum absolute atomic E-state index is 11.0. The molecule has 1 aliphatic rings. The molecule has 1 aliphatic heterocycles. The number of aromatic hydroxyl groups is 1. The topological polar surface area (TPSA) is 55.8 Å². The number of benzene rings is 1. The molecule has 2 rings (SSSR count). The lowest BCUT2D eigenvalue weighted by molar-refractivity contribution is 0.00578. The van der Waals surface area contributed by atoms with Gasteiger partial charge in [-0.1, -0.05) is 12.1 Å². The second kappa shape index (κ2) is 4.11. The summed E-state index contributed by atoms with van der Waals surface area (Å²) in [7, 11) is -0.726. The Kier molecular flexibility index (Phi) is 2.99. The molecule has 96 valence electrons. The summed E-state index contributed by atoms with van der Waals surface area (Å²) in [5.74, 6) is 0.0121. The Labute approximate surface area is 107 Å². The lowest BCUT2D eigenvalue weighted by Crippen LogP contribution is -2.41. The van der Waals surface area contributed by atoms with Gasteiger partial charge in [0.15, 0.2) is 0 Å².